The van der Waals surface area contributed by atoms with Crippen LogP contribution in [0.4, 0.5) is 0 Å². The van der Waals surface area contributed by atoms with E-state index in [1.54, 1.807) is 0 Å². The number of benzene rings is 1. The Labute approximate surface area is 129 Å². The van der Waals surface area contributed by atoms with Gasteiger partial charge in [0, 0.05) is 6.61 Å². The van der Waals surface area contributed by atoms with Crippen LogP contribution >= 0.6 is 0 Å². The lowest BCUT2D eigenvalue weighted by Crippen LogP contribution is -2.41. The van der Waals surface area contributed by atoms with Crippen molar-refractivity contribution in [2.24, 2.45) is 0 Å². The van der Waals surface area contributed by atoms with Crippen LogP contribution in [0.2, 0.25) is 0 Å². The van der Waals surface area contributed by atoms with E-state index < -0.39 is 0 Å². The Morgan fingerprint density at radius 1 is 1.10 bits per heavy atom. The Morgan fingerprint density at radius 2 is 1.71 bits per heavy atom. The normalized spacial score (nSPS) is 20.0. The Kier molecular flexibility index (Phi) is 4.81. The summed E-state index contributed by atoms with van der Waals surface area (Å²) < 4.78 is 17.7. The van der Waals surface area contributed by atoms with E-state index in [1.165, 1.54) is 11.1 Å². The maximum Gasteiger partial charge on any atom is 0.495 e. The van der Waals surface area contributed by atoms with Crippen LogP contribution in [-0.2, 0) is 20.5 Å². The molecule has 1 aliphatic rings. The fraction of sp³-hybridized carbons (Fsp3) is 0.647. The first-order valence-electron chi connectivity index (χ1n) is 7.79. The predicted molar refractivity (Wildman–Crippen MR) is 87.1 cm³/mol. The molecule has 0 aliphatic carbocycles. The van der Waals surface area contributed by atoms with E-state index in [0.29, 0.717) is 0 Å². The SMILES string of the molecule is CCOCCc1ccc(B2OC(C)(C)C(C)(C)O2)c(C)c1. The predicted octanol–water partition coefficient (Wildman–Crippen LogP) is 2.87. The second-order valence-electron chi connectivity index (χ2n) is 6.73. The van der Waals surface area contributed by atoms with Gasteiger partial charge in [-0.25, -0.2) is 0 Å². The molecular formula is C17H27BO3. The third-order valence-electron chi connectivity index (χ3n) is 4.58. The van der Waals surface area contributed by atoms with Crippen LogP contribution in [0.3, 0.4) is 0 Å². The van der Waals surface area contributed by atoms with Crippen molar-refractivity contribution in [3.63, 3.8) is 0 Å². The fourth-order valence-corrected chi connectivity index (χ4v) is 2.46. The van der Waals surface area contributed by atoms with Gasteiger partial charge in [-0.15, -0.1) is 0 Å². The van der Waals surface area contributed by atoms with Gasteiger partial charge in [0.05, 0.1) is 17.8 Å². The Morgan fingerprint density at radius 3 is 2.24 bits per heavy atom. The lowest BCUT2D eigenvalue weighted by molar-refractivity contribution is 0.00578. The van der Waals surface area contributed by atoms with E-state index in [-0.39, 0.29) is 18.3 Å². The van der Waals surface area contributed by atoms with Gasteiger partial charge in [-0.1, -0.05) is 23.8 Å². The van der Waals surface area contributed by atoms with Gasteiger partial charge >= 0.3 is 7.12 Å². The first-order valence-corrected chi connectivity index (χ1v) is 7.79. The van der Waals surface area contributed by atoms with Gasteiger partial charge in [-0.2, -0.15) is 0 Å². The summed E-state index contributed by atoms with van der Waals surface area (Å²) >= 11 is 0. The number of rotatable bonds is 5. The molecule has 0 radical (unpaired) electrons. The van der Waals surface area contributed by atoms with Crippen molar-refractivity contribution in [2.75, 3.05) is 13.2 Å². The second-order valence-corrected chi connectivity index (χ2v) is 6.73. The van der Waals surface area contributed by atoms with Gasteiger partial charge in [-0.05, 0) is 59.0 Å². The zero-order valence-electron chi connectivity index (χ0n) is 14.2. The highest BCUT2D eigenvalue weighted by atomic mass is 16.7. The minimum Gasteiger partial charge on any atom is -0.399 e. The summed E-state index contributed by atoms with van der Waals surface area (Å²) in [5.74, 6) is 0. The van der Waals surface area contributed by atoms with Gasteiger partial charge in [0.1, 0.15) is 0 Å². The van der Waals surface area contributed by atoms with Crippen LogP contribution < -0.4 is 5.46 Å². The minimum atomic E-state index is -0.294. The van der Waals surface area contributed by atoms with Crippen molar-refractivity contribution in [1.82, 2.24) is 0 Å². The Balaban J connectivity index is 2.12. The minimum absolute atomic E-state index is 0.282. The first kappa shape index (κ1) is 16.5. The van der Waals surface area contributed by atoms with E-state index in [0.717, 1.165) is 25.1 Å². The zero-order valence-corrected chi connectivity index (χ0v) is 14.2. The van der Waals surface area contributed by atoms with Crippen molar-refractivity contribution in [3.05, 3.63) is 29.3 Å². The molecule has 4 heteroatoms. The highest BCUT2D eigenvalue weighted by Crippen LogP contribution is 2.36. The van der Waals surface area contributed by atoms with Crippen LogP contribution in [-0.4, -0.2) is 31.5 Å². The molecule has 1 heterocycles. The highest BCUT2D eigenvalue weighted by Gasteiger charge is 2.51. The summed E-state index contributed by atoms with van der Waals surface area (Å²) in [5, 5.41) is 0. The molecular weight excluding hydrogens is 263 g/mol. The summed E-state index contributed by atoms with van der Waals surface area (Å²) in [6.07, 6.45) is 0.943. The quantitative estimate of drug-likeness (QED) is 0.616. The number of hydrogen-bond acceptors (Lipinski definition) is 3. The molecule has 0 N–H and O–H groups in total. The average molecular weight is 290 g/mol. The third kappa shape index (κ3) is 3.50. The second kappa shape index (κ2) is 6.11. The summed E-state index contributed by atoms with van der Waals surface area (Å²) in [6, 6.07) is 6.48. The fourth-order valence-electron chi connectivity index (χ4n) is 2.46. The van der Waals surface area contributed by atoms with Crippen LogP contribution in [0.25, 0.3) is 0 Å². The van der Waals surface area contributed by atoms with Crippen molar-refractivity contribution < 1.29 is 14.0 Å². The largest absolute Gasteiger partial charge is 0.495 e. The van der Waals surface area contributed by atoms with Crippen LogP contribution in [0.15, 0.2) is 18.2 Å². The first-order chi connectivity index (χ1) is 9.77. The van der Waals surface area contributed by atoms with E-state index in [9.17, 15) is 0 Å². The molecule has 3 nitrogen and oxygen atoms in total. The van der Waals surface area contributed by atoms with E-state index in [1.807, 2.05) is 6.92 Å². The smallest absolute Gasteiger partial charge is 0.399 e. The molecule has 0 bridgehead atoms. The number of aryl methyl sites for hydroxylation is 1. The van der Waals surface area contributed by atoms with E-state index >= 15 is 0 Å². The van der Waals surface area contributed by atoms with Gasteiger partial charge in [0.25, 0.3) is 0 Å². The number of hydrogen-bond donors (Lipinski definition) is 0. The molecule has 1 fully saturated rings. The molecule has 1 aliphatic heterocycles. The molecule has 0 aromatic heterocycles. The molecule has 21 heavy (non-hydrogen) atoms. The monoisotopic (exact) mass is 290 g/mol. The van der Waals surface area contributed by atoms with Gasteiger partial charge in [0.15, 0.2) is 0 Å². The van der Waals surface area contributed by atoms with Crippen molar-refractivity contribution in [1.29, 1.82) is 0 Å². The van der Waals surface area contributed by atoms with E-state index in [4.69, 9.17) is 14.0 Å². The average Bonchev–Trinajstić information content (AvgIpc) is 2.58. The molecule has 0 atom stereocenters. The molecule has 1 aromatic rings. The standard InChI is InChI=1S/C17H27BO3/c1-7-19-11-10-14-8-9-15(13(2)12-14)18-20-16(3,4)17(5,6)21-18/h8-9,12H,7,10-11H2,1-6H3. The maximum atomic E-state index is 6.12. The van der Waals surface area contributed by atoms with Crippen LogP contribution in [0, 0.1) is 6.92 Å². The van der Waals surface area contributed by atoms with Crippen LogP contribution in [0.5, 0.6) is 0 Å². The topological polar surface area (TPSA) is 27.7 Å². The highest BCUT2D eigenvalue weighted by molar-refractivity contribution is 6.62. The Bertz CT molecular complexity index is 481. The lowest BCUT2D eigenvalue weighted by Gasteiger charge is -2.32. The van der Waals surface area contributed by atoms with E-state index in [2.05, 4.69) is 52.8 Å². The maximum absolute atomic E-state index is 6.12. The number of ether oxygens (including phenoxy) is 1. The summed E-state index contributed by atoms with van der Waals surface area (Å²) in [5.41, 5.74) is 3.03. The molecule has 2 rings (SSSR count). The van der Waals surface area contributed by atoms with Crippen molar-refractivity contribution in [2.45, 2.75) is 59.2 Å². The summed E-state index contributed by atoms with van der Waals surface area (Å²) in [7, 11) is -0.282. The lowest BCUT2D eigenvalue weighted by atomic mass is 9.75. The molecule has 116 valence electrons. The zero-order chi connectivity index (χ0) is 15.7. The summed E-state index contributed by atoms with van der Waals surface area (Å²) in [6.45, 7) is 14.0. The van der Waals surface area contributed by atoms with Gasteiger partial charge < -0.3 is 14.0 Å². The molecule has 0 saturated carbocycles. The molecule has 1 saturated heterocycles. The van der Waals surface area contributed by atoms with Crippen molar-refractivity contribution >= 4 is 12.6 Å². The molecule has 0 amide bonds. The summed E-state index contributed by atoms with van der Waals surface area (Å²) in [4.78, 5) is 0. The molecule has 1 aromatic carbocycles. The van der Waals surface area contributed by atoms with Gasteiger partial charge in [-0.3, -0.25) is 0 Å². The third-order valence-corrected chi connectivity index (χ3v) is 4.58. The van der Waals surface area contributed by atoms with Crippen molar-refractivity contribution in [3.8, 4) is 0 Å². The molecule has 0 spiro atoms. The van der Waals surface area contributed by atoms with Gasteiger partial charge in [0.2, 0.25) is 0 Å². The van der Waals surface area contributed by atoms with Crippen LogP contribution in [0.1, 0.15) is 45.7 Å². The Hall–Kier alpha value is -0.835. The molecule has 0 unspecified atom stereocenters.